The van der Waals surface area contributed by atoms with Crippen molar-refractivity contribution in [1.82, 2.24) is 0 Å². The normalized spacial score (nSPS) is 14.5. The molecule has 0 nitrogen and oxygen atoms in total. The second-order valence-electron chi connectivity index (χ2n) is 24.0. The maximum Gasteiger partial charge on any atom is 0.153 e. The first-order chi connectivity index (χ1) is 34.3. The largest absolute Gasteiger partial charge is 0.153 e. The Morgan fingerprint density at radius 3 is 0.819 bits per heavy atom. The van der Waals surface area contributed by atoms with Crippen LogP contribution in [0.2, 0.25) is 10.1 Å². The summed E-state index contributed by atoms with van der Waals surface area (Å²) in [5.74, 6) is 1.20. The molecule has 0 fully saturated rings. The van der Waals surface area contributed by atoms with E-state index in [2.05, 4.69) is 291 Å². The summed E-state index contributed by atoms with van der Waals surface area (Å²) in [6.07, 6.45) is 5.25. The van der Waals surface area contributed by atoms with Crippen LogP contribution in [0.25, 0.3) is 34.1 Å². The second-order valence-corrected chi connectivity index (χ2v) is 33.5. The summed E-state index contributed by atoms with van der Waals surface area (Å²) < 4.78 is 0. The van der Waals surface area contributed by atoms with Crippen LogP contribution in [0.15, 0.2) is 182 Å². The van der Waals surface area contributed by atoms with Gasteiger partial charge in [0.2, 0.25) is 0 Å². The van der Waals surface area contributed by atoms with E-state index >= 15 is 0 Å². The fraction of sp³-hybridized carbons (Fsp3) is 0.286. The lowest BCUT2D eigenvalue weighted by atomic mass is 9.84. The molecule has 0 saturated heterocycles. The Balaban J connectivity index is 1.36. The number of benzene rings is 8. The van der Waals surface area contributed by atoms with Gasteiger partial charge in [-0.15, -0.1) is 0 Å². The summed E-state index contributed by atoms with van der Waals surface area (Å²) in [7, 11) is -5.28. The Hall–Kier alpha value is -6.07. The first-order valence-electron chi connectivity index (χ1n) is 26.9. The van der Waals surface area contributed by atoms with Crippen molar-refractivity contribution in [3.63, 3.8) is 0 Å². The first kappa shape index (κ1) is 50.9. The van der Waals surface area contributed by atoms with Gasteiger partial charge in [-0.05, 0) is 143 Å². The van der Waals surface area contributed by atoms with Gasteiger partial charge in [0.15, 0.2) is 16.1 Å². The minimum absolute atomic E-state index is 0.0220. The smallest absolute Gasteiger partial charge is 0.0624 e. The molecule has 1 aliphatic rings. The molecule has 72 heavy (non-hydrogen) atoms. The van der Waals surface area contributed by atoms with Gasteiger partial charge >= 0.3 is 0 Å². The van der Waals surface area contributed by atoms with Gasteiger partial charge < -0.3 is 0 Å². The van der Waals surface area contributed by atoms with Crippen molar-refractivity contribution in [2.75, 3.05) is 0 Å². The summed E-state index contributed by atoms with van der Waals surface area (Å²) in [6, 6.07) is 70.6. The van der Waals surface area contributed by atoms with Crippen LogP contribution in [0.1, 0.15) is 165 Å². The van der Waals surface area contributed by atoms with Gasteiger partial charge in [-0.1, -0.05) is 279 Å². The molecule has 0 aromatic heterocycles. The Kier molecular flexibility index (Phi) is 13.9. The SMILES string of the molecule is CC(C)c1cc([Si](c2ccccc2)(c2ccccc2)C(C)(C)C)cc(C(C)C)c1C=C1C(=Cc2c(C(C)C)cc([Si](c3ccccc3)(c3ccccc3)C(C)(C)C)cc2C(C)C)c2cccc3cccc1c23. The Morgan fingerprint density at radius 2 is 0.583 bits per heavy atom. The fourth-order valence-corrected chi connectivity index (χ4v) is 24.6. The van der Waals surface area contributed by atoms with Gasteiger partial charge in [0.1, 0.15) is 0 Å². The highest BCUT2D eigenvalue weighted by atomic mass is 28.3. The molecule has 8 aromatic carbocycles. The van der Waals surface area contributed by atoms with Crippen LogP contribution in [-0.4, -0.2) is 16.1 Å². The van der Waals surface area contributed by atoms with Gasteiger partial charge in [0, 0.05) is 0 Å². The number of hydrogen-bond acceptors (Lipinski definition) is 0. The molecule has 9 rings (SSSR count). The number of allylic oxidation sites excluding steroid dienone is 2. The lowest BCUT2D eigenvalue weighted by molar-refractivity contribution is 0.738. The third-order valence-electron chi connectivity index (χ3n) is 16.3. The molecular weight excluding hydrogens is 897 g/mol. The zero-order valence-corrected chi connectivity index (χ0v) is 47.8. The van der Waals surface area contributed by atoms with Crippen molar-refractivity contribution in [3.05, 3.63) is 226 Å². The van der Waals surface area contributed by atoms with Crippen molar-refractivity contribution in [2.45, 2.75) is 131 Å². The first-order valence-corrected chi connectivity index (χ1v) is 30.9. The van der Waals surface area contributed by atoms with Crippen LogP contribution < -0.4 is 31.1 Å². The second kappa shape index (κ2) is 19.7. The van der Waals surface area contributed by atoms with E-state index in [0.29, 0.717) is 23.7 Å². The Morgan fingerprint density at radius 1 is 0.319 bits per heavy atom. The molecule has 366 valence electrons. The van der Waals surface area contributed by atoms with Crippen LogP contribution in [0.3, 0.4) is 0 Å². The third kappa shape index (κ3) is 8.57. The maximum absolute atomic E-state index is 2.66. The Bertz CT molecular complexity index is 2930. The van der Waals surface area contributed by atoms with Crippen LogP contribution in [0.4, 0.5) is 0 Å². The summed E-state index contributed by atoms with van der Waals surface area (Å²) >= 11 is 0. The molecule has 0 bridgehead atoms. The highest BCUT2D eigenvalue weighted by molar-refractivity contribution is 7.14. The van der Waals surface area contributed by atoms with Gasteiger partial charge in [-0.3, -0.25) is 0 Å². The highest BCUT2D eigenvalue weighted by Gasteiger charge is 2.51. The van der Waals surface area contributed by atoms with E-state index in [1.807, 2.05) is 0 Å². The Labute approximate surface area is 436 Å². The molecule has 0 unspecified atom stereocenters. The van der Waals surface area contributed by atoms with E-state index in [0.717, 1.165) is 0 Å². The molecule has 0 N–H and O–H groups in total. The molecule has 8 aromatic rings. The number of rotatable bonds is 12. The van der Waals surface area contributed by atoms with Crippen LogP contribution in [0.5, 0.6) is 0 Å². The van der Waals surface area contributed by atoms with Crippen LogP contribution >= 0.6 is 0 Å². The summed E-state index contributed by atoms with van der Waals surface area (Å²) in [4.78, 5) is 0. The molecule has 2 heteroatoms. The molecule has 0 spiro atoms. The van der Waals surface area contributed by atoms with E-state index in [-0.39, 0.29) is 10.1 Å². The molecule has 0 amide bonds. The quantitative estimate of drug-likeness (QED) is 0.0845. The molecule has 0 radical (unpaired) electrons. The van der Waals surface area contributed by atoms with Crippen molar-refractivity contribution >= 4 is 81.3 Å². The highest BCUT2D eigenvalue weighted by Crippen LogP contribution is 2.50. The van der Waals surface area contributed by atoms with Crippen molar-refractivity contribution in [1.29, 1.82) is 0 Å². The minimum Gasteiger partial charge on any atom is -0.0624 e. The lowest BCUT2D eigenvalue weighted by Gasteiger charge is -2.45. The van der Waals surface area contributed by atoms with Crippen molar-refractivity contribution in [2.24, 2.45) is 0 Å². The van der Waals surface area contributed by atoms with Crippen molar-refractivity contribution < 1.29 is 0 Å². The molecular formula is C70H78Si2. The van der Waals surface area contributed by atoms with E-state index in [1.54, 1.807) is 0 Å². The van der Waals surface area contributed by atoms with Crippen LogP contribution in [0, 0.1) is 0 Å². The predicted octanol–water partition coefficient (Wildman–Crippen LogP) is 16.0. The van der Waals surface area contributed by atoms with Gasteiger partial charge in [-0.25, -0.2) is 0 Å². The minimum atomic E-state index is -2.64. The van der Waals surface area contributed by atoms with Gasteiger partial charge in [0.05, 0.1) is 0 Å². The summed E-state index contributed by atoms with van der Waals surface area (Å²) in [5.41, 5.74) is 13.8. The molecule has 0 saturated carbocycles. The van der Waals surface area contributed by atoms with E-state index in [1.165, 1.54) is 97.5 Å². The van der Waals surface area contributed by atoms with Gasteiger partial charge in [0.25, 0.3) is 0 Å². The fourth-order valence-electron chi connectivity index (χ4n) is 13.1. The molecule has 1 aliphatic carbocycles. The molecule has 0 heterocycles. The average Bonchev–Trinajstić information content (AvgIpc) is 3.64. The van der Waals surface area contributed by atoms with Crippen molar-refractivity contribution in [3.8, 4) is 0 Å². The zero-order chi connectivity index (χ0) is 51.3. The summed E-state index contributed by atoms with van der Waals surface area (Å²) in [5, 5.41) is 11.5. The lowest BCUT2D eigenvalue weighted by Crippen LogP contribution is -2.72. The maximum atomic E-state index is 2.66. The summed E-state index contributed by atoms with van der Waals surface area (Å²) in [6.45, 7) is 34.2. The zero-order valence-electron chi connectivity index (χ0n) is 45.8. The average molecular weight is 976 g/mol. The van der Waals surface area contributed by atoms with Crippen LogP contribution in [-0.2, 0) is 0 Å². The van der Waals surface area contributed by atoms with Gasteiger partial charge in [-0.2, -0.15) is 0 Å². The predicted molar refractivity (Wildman–Crippen MR) is 323 cm³/mol. The molecule has 0 atom stereocenters. The number of hydrogen-bond donors (Lipinski definition) is 0. The third-order valence-corrected chi connectivity index (χ3v) is 27.9. The van der Waals surface area contributed by atoms with E-state index < -0.39 is 16.1 Å². The standard InChI is InChI=1S/C70H78Si2/c1-47(2)60-41-56(71(69(9,10)11,52-31-19-15-20-32-52)53-33-21-16-22-34-53)42-61(48(3)4)66(60)45-64-58-39-27-29-51-30-28-40-59(68(51)58)65(64)46-67-62(49(5)6)43-57(44-63(67)50(7)8)72(70(12,13)14,54-35-23-17-24-36-54)55-37-25-18-26-38-55/h15-50H,1-14H3. The van der Waals surface area contributed by atoms with E-state index in [9.17, 15) is 0 Å². The monoisotopic (exact) mass is 975 g/mol. The topological polar surface area (TPSA) is 0 Å². The van der Waals surface area contributed by atoms with E-state index in [4.69, 9.17) is 0 Å². The molecule has 0 aliphatic heterocycles.